The molecule has 0 amide bonds. The number of hydrogen-bond acceptors (Lipinski definition) is 1. The van der Waals surface area contributed by atoms with Gasteiger partial charge >= 0.3 is 0 Å². The summed E-state index contributed by atoms with van der Waals surface area (Å²) in [5, 5.41) is 1.02. The van der Waals surface area contributed by atoms with Crippen molar-refractivity contribution in [1.29, 1.82) is 0 Å². The first-order chi connectivity index (χ1) is 12.1. The van der Waals surface area contributed by atoms with Gasteiger partial charge in [0.05, 0.1) is 0 Å². The van der Waals surface area contributed by atoms with E-state index < -0.39 is 0 Å². The number of aldehydes is 1. The number of carbonyl (C=O) groups is 1. The van der Waals surface area contributed by atoms with Crippen molar-refractivity contribution in [3.05, 3.63) is 70.9 Å². The average Bonchev–Trinajstić information content (AvgIpc) is 2.91. The van der Waals surface area contributed by atoms with Gasteiger partial charge in [-0.05, 0) is 33.6 Å². The second-order valence-corrected chi connectivity index (χ2v) is 9.27. The van der Waals surface area contributed by atoms with E-state index in [-0.39, 0.29) is 10.8 Å². The SMILES string of the molecule is CC(C)(C)c1cc(Cn2cc(C=O)c3ccccc32)cc(C(C)(C)C)c1. The third kappa shape index (κ3) is 3.60. The molecular formula is C24H29NO. The van der Waals surface area contributed by atoms with E-state index in [9.17, 15) is 4.79 Å². The summed E-state index contributed by atoms with van der Waals surface area (Å²) in [6.45, 7) is 14.3. The zero-order valence-corrected chi connectivity index (χ0v) is 16.8. The molecule has 0 aliphatic carbocycles. The first-order valence-corrected chi connectivity index (χ1v) is 9.27. The predicted molar refractivity (Wildman–Crippen MR) is 110 cm³/mol. The van der Waals surface area contributed by atoms with Crippen LogP contribution in [0.3, 0.4) is 0 Å². The lowest BCUT2D eigenvalue weighted by molar-refractivity contribution is 0.112. The number of benzene rings is 2. The van der Waals surface area contributed by atoms with Crippen LogP contribution in [0.15, 0.2) is 48.7 Å². The summed E-state index contributed by atoms with van der Waals surface area (Å²) >= 11 is 0. The van der Waals surface area contributed by atoms with Crippen molar-refractivity contribution in [2.75, 3.05) is 0 Å². The minimum absolute atomic E-state index is 0.0999. The molecule has 26 heavy (non-hydrogen) atoms. The highest BCUT2D eigenvalue weighted by Gasteiger charge is 2.20. The first kappa shape index (κ1) is 18.4. The molecule has 0 radical (unpaired) electrons. The van der Waals surface area contributed by atoms with Crippen molar-refractivity contribution in [2.24, 2.45) is 0 Å². The summed E-state index contributed by atoms with van der Waals surface area (Å²) in [5.41, 5.74) is 6.04. The fraction of sp³-hybridized carbons (Fsp3) is 0.375. The number of nitrogens with zero attached hydrogens (tertiary/aromatic N) is 1. The number of hydrogen-bond donors (Lipinski definition) is 0. The third-order valence-corrected chi connectivity index (χ3v) is 5.02. The molecule has 0 unspecified atom stereocenters. The van der Waals surface area contributed by atoms with Crippen LogP contribution in [0.5, 0.6) is 0 Å². The van der Waals surface area contributed by atoms with Gasteiger partial charge in [0.15, 0.2) is 6.29 Å². The summed E-state index contributed by atoms with van der Waals surface area (Å²) < 4.78 is 2.19. The van der Waals surface area contributed by atoms with Crippen molar-refractivity contribution in [3.8, 4) is 0 Å². The van der Waals surface area contributed by atoms with Crippen LogP contribution < -0.4 is 0 Å². The zero-order chi connectivity index (χ0) is 19.1. The molecule has 0 aliphatic heterocycles. The summed E-state index contributed by atoms with van der Waals surface area (Å²) in [4.78, 5) is 11.4. The molecule has 2 heteroatoms. The standard InChI is InChI=1S/C24H29NO/c1-23(2,3)19-11-17(12-20(13-19)24(4,5)6)14-25-15-18(16-26)21-9-7-8-10-22(21)25/h7-13,15-16H,14H2,1-6H3. The van der Waals surface area contributed by atoms with Crippen molar-refractivity contribution >= 4 is 17.2 Å². The number of para-hydroxylation sites is 1. The molecule has 0 fully saturated rings. The molecule has 136 valence electrons. The molecule has 0 N–H and O–H groups in total. The van der Waals surface area contributed by atoms with Gasteiger partial charge in [-0.3, -0.25) is 4.79 Å². The Labute approximate surface area is 156 Å². The van der Waals surface area contributed by atoms with E-state index in [1.165, 1.54) is 16.7 Å². The quantitative estimate of drug-likeness (QED) is 0.525. The molecule has 0 spiro atoms. The summed E-state index contributed by atoms with van der Waals surface area (Å²) in [6, 6.07) is 15.1. The number of fused-ring (bicyclic) bond motifs is 1. The van der Waals surface area contributed by atoms with Gasteiger partial charge in [0.1, 0.15) is 0 Å². The van der Waals surface area contributed by atoms with Gasteiger partial charge in [-0.1, -0.05) is 77.9 Å². The maximum Gasteiger partial charge on any atom is 0.152 e. The van der Waals surface area contributed by atoms with Crippen LogP contribution in [-0.4, -0.2) is 10.9 Å². The number of rotatable bonds is 3. The fourth-order valence-electron chi connectivity index (χ4n) is 3.35. The van der Waals surface area contributed by atoms with Gasteiger partial charge in [-0.25, -0.2) is 0 Å². The first-order valence-electron chi connectivity index (χ1n) is 9.27. The maximum atomic E-state index is 11.4. The molecule has 1 aromatic heterocycles. The highest BCUT2D eigenvalue weighted by molar-refractivity contribution is 5.97. The largest absolute Gasteiger partial charge is 0.342 e. The Kier molecular flexibility index (Phi) is 4.56. The van der Waals surface area contributed by atoms with Crippen LogP contribution in [0.2, 0.25) is 0 Å². The Hall–Kier alpha value is -2.35. The summed E-state index contributed by atoms with van der Waals surface area (Å²) in [6.07, 6.45) is 2.92. The molecule has 3 aromatic rings. The van der Waals surface area contributed by atoms with E-state index >= 15 is 0 Å². The zero-order valence-electron chi connectivity index (χ0n) is 16.8. The lowest BCUT2D eigenvalue weighted by Gasteiger charge is -2.26. The van der Waals surface area contributed by atoms with E-state index in [4.69, 9.17) is 0 Å². The second kappa shape index (κ2) is 6.42. The van der Waals surface area contributed by atoms with Gasteiger partial charge in [-0.2, -0.15) is 0 Å². The van der Waals surface area contributed by atoms with Crippen molar-refractivity contribution in [3.63, 3.8) is 0 Å². The molecule has 0 bridgehead atoms. The van der Waals surface area contributed by atoms with E-state index in [0.717, 1.165) is 29.3 Å². The predicted octanol–water partition coefficient (Wildman–Crippen LogP) is 6.10. The highest BCUT2D eigenvalue weighted by Crippen LogP contribution is 2.31. The van der Waals surface area contributed by atoms with Gasteiger partial charge in [0, 0.05) is 29.2 Å². The lowest BCUT2D eigenvalue weighted by Crippen LogP contribution is -2.17. The molecule has 1 heterocycles. The van der Waals surface area contributed by atoms with Gasteiger partial charge < -0.3 is 4.57 Å². The Morgan fingerprint density at radius 2 is 1.46 bits per heavy atom. The topological polar surface area (TPSA) is 22.0 Å². The van der Waals surface area contributed by atoms with E-state index in [1.54, 1.807) is 0 Å². The minimum Gasteiger partial charge on any atom is -0.342 e. The molecule has 0 saturated heterocycles. The monoisotopic (exact) mass is 347 g/mol. The molecule has 0 aliphatic rings. The van der Waals surface area contributed by atoms with Crippen LogP contribution in [0.4, 0.5) is 0 Å². The molecule has 0 atom stereocenters. The Morgan fingerprint density at radius 1 is 0.885 bits per heavy atom. The normalized spacial score (nSPS) is 12.5. The van der Waals surface area contributed by atoms with Crippen LogP contribution >= 0.6 is 0 Å². The molecule has 3 rings (SSSR count). The average molecular weight is 348 g/mol. The Morgan fingerprint density at radius 3 is 2.00 bits per heavy atom. The minimum atomic E-state index is 0.0999. The third-order valence-electron chi connectivity index (χ3n) is 5.02. The molecule has 2 aromatic carbocycles. The number of aromatic nitrogens is 1. The smallest absolute Gasteiger partial charge is 0.152 e. The van der Waals surface area contributed by atoms with Crippen molar-refractivity contribution < 1.29 is 4.79 Å². The van der Waals surface area contributed by atoms with Crippen LogP contribution in [0.1, 0.15) is 68.6 Å². The van der Waals surface area contributed by atoms with Gasteiger partial charge in [0.25, 0.3) is 0 Å². The van der Waals surface area contributed by atoms with E-state index in [1.807, 2.05) is 24.4 Å². The van der Waals surface area contributed by atoms with Crippen molar-refractivity contribution in [1.82, 2.24) is 4.57 Å². The second-order valence-electron chi connectivity index (χ2n) is 9.27. The van der Waals surface area contributed by atoms with Crippen LogP contribution in [-0.2, 0) is 17.4 Å². The molecular weight excluding hydrogens is 318 g/mol. The lowest BCUT2D eigenvalue weighted by atomic mass is 9.79. The highest BCUT2D eigenvalue weighted by atomic mass is 16.1. The maximum absolute atomic E-state index is 11.4. The number of carbonyl (C=O) groups excluding carboxylic acids is 1. The summed E-state index contributed by atoms with van der Waals surface area (Å²) in [5.74, 6) is 0. The Balaban J connectivity index is 2.12. The molecule has 0 saturated carbocycles. The van der Waals surface area contributed by atoms with Gasteiger partial charge in [0.2, 0.25) is 0 Å². The van der Waals surface area contributed by atoms with Crippen LogP contribution in [0.25, 0.3) is 10.9 Å². The van der Waals surface area contributed by atoms with Gasteiger partial charge in [-0.15, -0.1) is 0 Å². The molecule has 2 nitrogen and oxygen atoms in total. The van der Waals surface area contributed by atoms with E-state index in [0.29, 0.717) is 0 Å². The van der Waals surface area contributed by atoms with E-state index in [2.05, 4.69) is 70.4 Å². The fourth-order valence-corrected chi connectivity index (χ4v) is 3.35. The van der Waals surface area contributed by atoms with Crippen LogP contribution in [0, 0.1) is 0 Å². The van der Waals surface area contributed by atoms with Crippen molar-refractivity contribution in [2.45, 2.75) is 58.9 Å². The summed E-state index contributed by atoms with van der Waals surface area (Å²) in [7, 11) is 0. The Bertz CT molecular complexity index is 916.